The molecule has 2 aromatic carbocycles. The van der Waals surface area contributed by atoms with Crippen LogP contribution in [-0.4, -0.2) is 32.1 Å². The summed E-state index contributed by atoms with van der Waals surface area (Å²) in [5.41, 5.74) is -0.557. The molecule has 0 unspecified atom stereocenters. The van der Waals surface area contributed by atoms with Gasteiger partial charge in [-0.3, -0.25) is 9.59 Å². The van der Waals surface area contributed by atoms with Gasteiger partial charge in [-0.15, -0.1) is 31.7 Å². The average Bonchev–Trinajstić information content (AvgIpc) is 3.51. The first-order valence-electron chi connectivity index (χ1n) is 11.6. The van der Waals surface area contributed by atoms with Crippen LogP contribution in [0.3, 0.4) is 0 Å². The summed E-state index contributed by atoms with van der Waals surface area (Å²) in [7, 11) is 0. The Labute approximate surface area is 223 Å². The van der Waals surface area contributed by atoms with Crippen molar-refractivity contribution in [2.75, 3.05) is 5.32 Å². The van der Waals surface area contributed by atoms with Gasteiger partial charge in [0.15, 0.2) is 0 Å². The van der Waals surface area contributed by atoms with Gasteiger partial charge in [-0.1, -0.05) is 23.5 Å². The second kappa shape index (κ2) is 12.8. The van der Waals surface area contributed by atoms with Crippen molar-refractivity contribution in [3.63, 3.8) is 0 Å². The van der Waals surface area contributed by atoms with Gasteiger partial charge < -0.3 is 5.32 Å². The van der Waals surface area contributed by atoms with E-state index in [1.165, 1.54) is 34.8 Å². The van der Waals surface area contributed by atoms with Crippen molar-refractivity contribution in [2.24, 2.45) is 0 Å². The van der Waals surface area contributed by atoms with Crippen LogP contribution in [0, 0.1) is 23.3 Å². The number of Topliss-reactive ketones (excluding diaryl/α,β-unsaturated/α-hetero) is 1. The molecule has 4 aromatic rings. The minimum Gasteiger partial charge on any atom is -0.300 e. The van der Waals surface area contributed by atoms with Crippen molar-refractivity contribution in [2.45, 2.75) is 44.9 Å². The molecule has 0 spiro atoms. The second-order valence-corrected chi connectivity index (χ2v) is 10.5. The summed E-state index contributed by atoms with van der Waals surface area (Å²) in [5.74, 6) is -4.02. The fraction of sp³-hybridized carbons (Fsp3) is 0.280. The topological polar surface area (TPSA) is 97.7 Å². The van der Waals surface area contributed by atoms with Crippen LogP contribution < -0.4 is 5.32 Å². The van der Waals surface area contributed by atoms with E-state index in [-0.39, 0.29) is 34.9 Å². The van der Waals surface area contributed by atoms with Crippen LogP contribution in [0.15, 0.2) is 36.4 Å². The van der Waals surface area contributed by atoms with Gasteiger partial charge in [0.1, 0.15) is 44.1 Å². The van der Waals surface area contributed by atoms with Crippen LogP contribution in [0.25, 0.3) is 0 Å². The predicted octanol–water partition coefficient (Wildman–Crippen LogP) is 5.05. The number of carbonyl (C=O) groups is 2. The highest BCUT2D eigenvalue weighted by molar-refractivity contribution is 7.15. The summed E-state index contributed by atoms with van der Waals surface area (Å²) in [4.78, 5) is 24.4. The van der Waals surface area contributed by atoms with Crippen LogP contribution >= 0.6 is 22.7 Å². The second-order valence-electron chi connectivity index (χ2n) is 8.32. The maximum Gasteiger partial charge on any atom is 0.230 e. The lowest BCUT2D eigenvalue weighted by Crippen LogP contribution is -2.16. The minimum absolute atomic E-state index is 0.0473. The van der Waals surface area contributed by atoms with E-state index in [4.69, 9.17) is 0 Å². The van der Waals surface area contributed by atoms with E-state index >= 15 is 0 Å². The van der Waals surface area contributed by atoms with Crippen molar-refractivity contribution in [1.82, 2.24) is 20.4 Å². The number of halogens is 4. The first-order valence-corrected chi connectivity index (χ1v) is 13.2. The van der Waals surface area contributed by atoms with Gasteiger partial charge in [-0.25, -0.2) is 17.6 Å². The fourth-order valence-corrected chi connectivity index (χ4v) is 5.29. The van der Waals surface area contributed by atoms with E-state index in [1.54, 1.807) is 0 Å². The number of hydrogen-bond acceptors (Lipinski definition) is 8. The van der Waals surface area contributed by atoms with Crippen molar-refractivity contribution in [1.29, 1.82) is 0 Å². The number of aromatic nitrogens is 4. The zero-order chi connectivity index (χ0) is 27.1. The molecule has 1 amide bonds. The fourth-order valence-electron chi connectivity index (χ4n) is 3.57. The molecule has 0 saturated heterocycles. The normalized spacial score (nSPS) is 11.1. The standard InChI is InChI=1S/C25H21F4N5O2S2/c26-17-5-3-6-18(27)15(17)11-14(35)12-24-33-31-22(37-24)9-1-2-10-23-32-34-25(38-23)30-21(36)13-16-19(28)7-4-8-20(16)29/h3-8H,1-2,9-13H2,(H,30,34,36). The third-order valence-electron chi connectivity index (χ3n) is 5.44. The number of nitrogens with zero attached hydrogens (tertiary/aromatic N) is 4. The Bertz CT molecular complexity index is 1290. The first-order chi connectivity index (χ1) is 18.3. The number of ketones is 1. The minimum atomic E-state index is -0.787. The van der Waals surface area contributed by atoms with Crippen molar-refractivity contribution in [3.05, 3.63) is 85.8 Å². The molecule has 2 heterocycles. The molecule has 38 heavy (non-hydrogen) atoms. The Morgan fingerprint density at radius 3 is 1.76 bits per heavy atom. The quantitative estimate of drug-likeness (QED) is 0.192. The van der Waals surface area contributed by atoms with Crippen molar-refractivity contribution < 1.29 is 27.2 Å². The highest BCUT2D eigenvalue weighted by Gasteiger charge is 2.17. The predicted molar refractivity (Wildman–Crippen MR) is 134 cm³/mol. The molecule has 0 aliphatic heterocycles. The molecular weight excluding hydrogens is 542 g/mol. The Morgan fingerprint density at radius 2 is 1.16 bits per heavy atom. The van der Waals surface area contributed by atoms with E-state index in [9.17, 15) is 27.2 Å². The van der Waals surface area contributed by atoms with Crippen LogP contribution in [0.4, 0.5) is 22.7 Å². The lowest BCUT2D eigenvalue weighted by atomic mass is 10.1. The van der Waals surface area contributed by atoms with E-state index in [2.05, 4.69) is 25.7 Å². The molecule has 0 fully saturated rings. The number of hydrogen-bond donors (Lipinski definition) is 1. The lowest BCUT2D eigenvalue weighted by molar-refractivity contribution is -0.118. The molecule has 13 heteroatoms. The van der Waals surface area contributed by atoms with Crippen molar-refractivity contribution in [3.8, 4) is 0 Å². The third-order valence-corrected chi connectivity index (χ3v) is 7.32. The molecule has 1 N–H and O–H groups in total. The molecule has 0 aliphatic carbocycles. The summed E-state index contributed by atoms with van der Waals surface area (Å²) in [5, 5.41) is 20.7. The summed E-state index contributed by atoms with van der Waals surface area (Å²) in [6.07, 6.45) is 1.90. The Balaban J connectivity index is 1.18. The SMILES string of the molecule is O=C(Cc1nnc(CCCCc2nnc(NC(=O)Cc3c(F)cccc3F)s2)s1)Cc1c(F)cccc1F. The van der Waals surface area contributed by atoms with Gasteiger partial charge in [0.25, 0.3) is 0 Å². The summed E-state index contributed by atoms with van der Waals surface area (Å²) in [6, 6.07) is 6.89. The van der Waals surface area contributed by atoms with Crippen LogP contribution in [-0.2, 0) is 41.7 Å². The molecule has 7 nitrogen and oxygen atoms in total. The maximum absolute atomic E-state index is 13.7. The highest BCUT2D eigenvalue weighted by atomic mass is 32.1. The molecule has 4 rings (SSSR count). The van der Waals surface area contributed by atoms with Gasteiger partial charge >= 0.3 is 0 Å². The van der Waals surface area contributed by atoms with Gasteiger partial charge in [-0.05, 0) is 37.1 Å². The third kappa shape index (κ3) is 7.48. The number of amides is 1. The lowest BCUT2D eigenvalue weighted by Gasteiger charge is -2.04. The molecule has 198 valence electrons. The molecular formula is C25H21F4N5O2S2. The molecule has 0 bridgehead atoms. The van der Waals surface area contributed by atoms with Crippen molar-refractivity contribution >= 4 is 39.5 Å². The van der Waals surface area contributed by atoms with Gasteiger partial charge in [-0.2, -0.15) is 0 Å². The first kappa shape index (κ1) is 27.5. The number of benzene rings is 2. The number of anilines is 1. The van der Waals surface area contributed by atoms with E-state index in [0.29, 0.717) is 22.9 Å². The monoisotopic (exact) mass is 563 g/mol. The maximum atomic E-state index is 13.7. The highest BCUT2D eigenvalue weighted by Crippen LogP contribution is 2.21. The van der Waals surface area contributed by atoms with E-state index in [1.807, 2.05) is 0 Å². The van der Waals surface area contributed by atoms with Crippen LogP contribution in [0.5, 0.6) is 0 Å². The Hall–Kier alpha value is -3.58. The van der Waals surface area contributed by atoms with Crippen LogP contribution in [0.2, 0.25) is 0 Å². The largest absolute Gasteiger partial charge is 0.300 e. The smallest absolute Gasteiger partial charge is 0.230 e. The number of unbranched alkanes of at least 4 members (excludes halogenated alkanes) is 1. The number of carbonyl (C=O) groups excluding carboxylic acids is 2. The van der Waals surface area contributed by atoms with E-state index in [0.717, 1.165) is 42.1 Å². The number of aryl methyl sites for hydroxylation is 2. The van der Waals surface area contributed by atoms with Gasteiger partial charge in [0.05, 0.1) is 12.8 Å². The molecule has 0 aliphatic rings. The molecule has 0 atom stereocenters. The Morgan fingerprint density at radius 1 is 0.658 bits per heavy atom. The van der Waals surface area contributed by atoms with Gasteiger partial charge in [0.2, 0.25) is 11.0 Å². The molecule has 2 aromatic heterocycles. The summed E-state index contributed by atoms with van der Waals surface area (Å²) in [6.45, 7) is 0. The summed E-state index contributed by atoms with van der Waals surface area (Å²) >= 11 is 2.47. The number of rotatable bonds is 12. The Kier molecular flexibility index (Phi) is 9.24. The zero-order valence-corrected chi connectivity index (χ0v) is 21.5. The zero-order valence-electron chi connectivity index (χ0n) is 19.8. The average molecular weight is 564 g/mol. The van der Waals surface area contributed by atoms with Crippen LogP contribution in [0.1, 0.15) is 39.0 Å². The van der Waals surface area contributed by atoms with E-state index < -0.39 is 35.6 Å². The number of nitrogens with one attached hydrogen (secondary N) is 1. The summed E-state index contributed by atoms with van der Waals surface area (Å²) < 4.78 is 54.9. The van der Waals surface area contributed by atoms with Gasteiger partial charge in [0, 0.05) is 30.4 Å². The molecule has 0 radical (unpaired) electrons. The molecule has 0 saturated carbocycles.